The number of anilines is 1. The molecule has 1 aliphatic heterocycles. The van der Waals surface area contributed by atoms with Crippen LogP contribution in [0, 0.1) is 13.8 Å². The van der Waals surface area contributed by atoms with Gasteiger partial charge >= 0.3 is 5.97 Å². The van der Waals surface area contributed by atoms with Crippen LogP contribution in [-0.2, 0) is 14.3 Å². The van der Waals surface area contributed by atoms with Crippen LogP contribution in [0.15, 0.2) is 52.3 Å². The zero-order valence-electron chi connectivity index (χ0n) is 17.7. The standard InChI is InChI=1S/C23H30N2O3S/c1-17-9-10-21(18(2)15-17)29-22-8-6-5-7-20(22)24-11-13-25(14-12-24)23(16-27-4)28-19(3)26/h5-10,15,23H,11-14,16H2,1-4H3/t23-/m1/s1. The van der Waals surface area contributed by atoms with E-state index in [2.05, 4.69) is 66.1 Å². The first-order valence-corrected chi connectivity index (χ1v) is 10.8. The number of carbonyl (C=O) groups is 1. The van der Waals surface area contributed by atoms with E-state index >= 15 is 0 Å². The highest BCUT2D eigenvalue weighted by atomic mass is 32.2. The summed E-state index contributed by atoms with van der Waals surface area (Å²) in [6.07, 6.45) is -0.320. The minimum absolute atomic E-state index is 0.273. The summed E-state index contributed by atoms with van der Waals surface area (Å²) in [6, 6.07) is 15.2. The van der Waals surface area contributed by atoms with Crippen molar-refractivity contribution in [2.24, 2.45) is 0 Å². The maximum Gasteiger partial charge on any atom is 0.304 e. The molecule has 29 heavy (non-hydrogen) atoms. The number of aryl methyl sites for hydroxylation is 2. The topological polar surface area (TPSA) is 42.0 Å². The van der Waals surface area contributed by atoms with Gasteiger partial charge in [0.25, 0.3) is 0 Å². The van der Waals surface area contributed by atoms with E-state index in [1.54, 1.807) is 7.11 Å². The molecule has 0 aliphatic carbocycles. The van der Waals surface area contributed by atoms with Crippen molar-refractivity contribution >= 4 is 23.4 Å². The smallest absolute Gasteiger partial charge is 0.304 e. The molecule has 1 heterocycles. The Bertz CT molecular complexity index is 835. The summed E-state index contributed by atoms with van der Waals surface area (Å²) in [5, 5.41) is 0. The monoisotopic (exact) mass is 414 g/mol. The molecule has 5 nitrogen and oxygen atoms in total. The molecule has 0 radical (unpaired) electrons. The summed E-state index contributed by atoms with van der Waals surface area (Å²) in [7, 11) is 1.63. The van der Waals surface area contributed by atoms with E-state index in [4.69, 9.17) is 9.47 Å². The van der Waals surface area contributed by atoms with E-state index in [1.165, 1.54) is 33.5 Å². The van der Waals surface area contributed by atoms with Gasteiger partial charge in [-0.25, -0.2) is 0 Å². The van der Waals surface area contributed by atoms with Crippen LogP contribution in [0.1, 0.15) is 18.1 Å². The van der Waals surface area contributed by atoms with E-state index in [-0.39, 0.29) is 12.2 Å². The van der Waals surface area contributed by atoms with Gasteiger partial charge < -0.3 is 14.4 Å². The molecule has 0 amide bonds. The first-order valence-electron chi connectivity index (χ1n) is 9.97. The van der Waals surface area contributed by atoms with Crippen molar-refractivity contribution in [1.29, 1.82) is 0 Å². The van der Waals surface area contributed by atoms with Crippen molar-refractivity contribution in [3.05, 3.63) is 53.6 Å². The molecule has 0 N–H and O–H groups in total. The number of nitrogens with zero attached hydrogens (tertiary/aromatic N) is 2. The van der Waals surface area contributed by atoms with Crippen molar-refractivity contribution in [1.82, 2.24) is 4.90 Å². The number of methoxy groups -OCH3 is 1. The van der Waals surface area contributed by atoms with Crippen LogP contribution in [0.25, 0.3) is 0 Å². The number of hydrogen-bond donors (Lipinski definition) is 0. The Morgan fingerprint density at radius 1 is 1.07 bits per heavy atom. The van der Waals surface area contributed by atoms with Crippen LogP contribution in [0.5, 0.6) is 0 Å². The third kappa shape index (κ3) is 5.75. The van der Waals surface area contributed by atoms with Crippen LogP contribution < -0.4 is 4.90 Å². The van der Waals surface area contributed by atoms with Crippen LogP contribution in [-0.4, -0.2) is 57.0 Å². The van der Waals surface area contributed by atoms with E-state index < -0.39 is 0 Å². The largest absolute Gasteiger partial charge is 0.444 e. The first-order chi connectivity index (χ1) is 14.0. The average molecular weight is 415 g/mol. The molecule has 0 spiro atoms. The van der Waals surface area contributed by atoms with Gasteiger partial charge in [-0.1, -0.05) is 41.6 Å². The van der Waals surface area contributed by atoms with Gasteiger partial charge in [0.15, 0.2) is 6.23 Å². The lowest BCUT2D eigenvalue weighted by Crippen LogP contribution is -2.53. The van der Waals surface area contributed by atoms with Crippen LogP contribution in [0.2, 0.25) is 0 Å². The zero-order valence-corrected chi connectivity index (χ0v) is 18.5. The minimum Gasteiger partial charge on any atom is -0.444 e. The fraction of sp³-hybridized carbons (Fsp3) is 0.435. The van der Waals surface area contributed by atoms with Gasteiger partial charge in [-0.15, -0.1) is 0 Å². The molecular weight excluding hydrogens is 384 g/mol. The summed E-state index contributed by atoms with van der Waals surface area (Å²) in [5.41, 5.74) is 3.85. The van der Waals surface area contributed by atoms with Gasteiger partial charge in [0.2, 0.25) is 0 Å². The molecule has 3 rings (SSSR count). The lowest BCUT2D eigenvalue weighted by molar-refractivity contribution is -0.162. The van der Waals surface area contributed by atoms with Crippen LogP contribution in [0.4, 0.5) is 5.69 Å². The van der Waals surface area contributed by atoms with Crippen molar-refractivity contribution < 1.29 is 14.3 Å². The Kier molecular flexibility index (Phi) is 7.58. The van der Waals surface area contributed by atoms with Gasteiger partial charge in [-0.05, 0) is 37.6 Å². The summed E-state index contributed by atoms with van der Waals surface area (Å²) in [4.78, 5) is 18.6. The van der Waals surface area contributed by atoms with Crippen molar-refractivity contribution in [2.75, 3.05) is 44.8 Å². The van der Waals surface area contributed by atoms with Crippen molar-refractivity contribution in [3.8, 4) is 0 Å². The maximum absolute atomic E-state index is 11.4. The molecule has 156 valence electrons. The number of esters is 1. The highest BCUT2D eigenvalue weighted by molar-refractivity contribution is 7.99. The highest BCUT2D eigenvalue weighted by Crippen LogP contribution is 2.37. The predicted octanol–water partition coefficient (Wildman–Crippen LogP) is 4.11. The van der Waals surface area contributed by atoms with Gasteiger partial charge in [-0.3, -0.25) is 9.69 Å². The second-order valence-electron chi connectivity index (χ2n) is 7.38. The Morgan fingerprint density at radius 3 is 2.45 bits per heavy atom. The lowest BCUT2D eigenvalue weighted by atomic mass is 10.2. The third-order valence-corrected chi connectivity index (χ3v) is 6.33. The SMILES string of the molecule is COC[C@@H](OC(C)=O)N1CCN(c2ccccc2Sc2ccc(C)cc2C)CC1. The van der Waals surface area contributed by atoms with E-state index in [0.29, 0.717) is 6.61 Å². The summed E-state index contributed by atoms with van der Waals surface area (Å²) in [6.45, 7) is 9.53. The van der Waals surface area contributed by atoms with Crippen molar-refractivity contribution in [2.45, 2.75) is 36.8 Å². The number of ether oxygens (including phenoxy) is 2. The lowest BCUT2D eigenvalue weighted by Gasteiger charge is -2.39. The molecule has 1 saturated heterocycles. The quantitative estimate of drug-likeness (QED) is 0.635. The van der Waals surface area contributed by atoms with E-state index in [0.717, 1.165) is 26.2 Å². The highest BCUT2D eigenvalue weighted by Gasteiger charge is 2.26. The predicted molar refractivity (Wildman–Crippen MR) is 118 cm³/mol. The number of rotatable bonds is 7. The molecule has 2 aromatic rings. The molecule has 1 aliphatic rings. The third-order valence-electron chi connectivity index (χ3n) is 5.09. The Balaban J connectivity index is 1.70. The van der Waals surface area contributed by atoms with Gasteiger partial charge in [0.05, 0.1) is 12.3 Å². The van der Waals surface area contributed by atoms with Gasteiger partial charge in [0.1, 0.15) is 0 Å². The van der Waals surface area contributed by atoms with Gasteiger partial charge in [0, 0.05) is 50.0 Å². The number of para-hydroxylation sites is 1. The first kappa shape index (κ1) is 21.7. The summed E-state index contributed by atoms with van der Waals surface area (Å²) < 4.78 is 10.7. The Labute approximate surface area is 178 Å². The number of piperazine rings is 1. The molecular formula is C23H30N2O3S. The number of hydrogen-bond acceptors (Lipinski definition) is 6. The second-order valence-corrected chi connectivity index (χ2v) is 8.46. The minimum atomic E-state index is -0.320. The Hall–Kier alpha value is -2.02. The summed E-state index contributed by atoms with van der Waals surface area (Å²) in [5.74, 6) is -0.273. The molecule has 0 unspecified atom stereocenters. The van der Waals surface area contributed by atoms with E-state index in [9.17, 15) is 4.79 Å². The van der Waals surface area contributed by atoms with Crippen LogP contribution >= 0.6 is 11.8 Å². The van der Waals surface area contributed by atoms with Crippen LogP contribution in [0.3, 0.4) is 0 Å². The molecule has 0 saturated carbocycles. The van der Waals surface area contributed by atoms with E-state index in [1.807, 2.05) is 11.8 Å². The fourth-order valence-corrected chi connectivity index (χ4v) is 4.68. The second kappa shape index (κ2) is 10.1. The molecule has 0 aromatic heterocycles. The van der Waals surface area contributed by atoms with Crippen molar-refractivity contribution in [3.63, 3.8) is 0 Å². The molecule has 0 bridgehead atoms. The fourth-order valence-electron chi connectivity index (χ4n) is 3.64. The summed E-state index contributed by atoms with van der Waals surface area (Å²) >= 11 is 1.82. The molecule has 1 atom stereocenters. The molecule has 6 heteroatoms. The number of benzene rings is 2. The molecule has 1 fully saturated rings. The zero-order chi connectivity index (χ0) is 20.8. The Morgan fingerprint density at radius 2 is 1.79 bits per heavy atom. The average Bonchev–Trinajstić information content (AvgIpc) is 2.70. The van der Waals surface area contributed by atoms with Gasteiger partial charge in [-0.2, -0.15) is 0 Å². The molecule has 2 aromatic carbocycles. The normalized spacial score (nSPS) is 15.9. The maximum atomic E-state index is 11.4. The number of carbonyl (C=O) groups excluding carboxylic acids is 1.